The third-order valence-electron chi connectivity index (χ3n) is 4.80. The maximum atomic E-state index is 6.02. The van der Waals surface area contributed by atoms with E-state index >= 15 is 0 Å². The molecule has 2 atom stereocenters. The predicted octanol–water partition coefficient (Wildman–Crippen LogP) is 3.83. The zero-order chi connectivity index (χ0) is 13.9. The summed E-state index contributed by atoms with van der Waals surface area (Å²) >= 11 is 0. The summed E-state index contributed by atoms with van der Waals surface area (Å²) in [6.07, 6.45) is 7.92. The van der Waals surface area contributed by atoms with Gasteiger partial charge in [-0.3, -0.25) is 0 Å². The van der Waals surface area contributed by atoms with Crippen LogP contribution in [0.25, 0.3) is 0 Å². The van der Waals surface area contributed by atoms with Crippen molar-refractivity contribution >= 4 is 11.4 Å². The van der Waals surface area contributed by atoms with Crippen molar-refractivity contribution < 1.29 is 4.74 Å². The largest absolute Gasteiger partial charge is 0.491 e. The van der Waals surface area contributed by atoms with E-state index in [2.05, 4.69) is 24.0 Å². The van der Waals surface area contributed by atoms with E-state index in [1.807, 2.05) is 6.07 Å². The first-order valence-corrected chi connectivity index (χ1v) is 8.08. The van der Waals surface area contributed by atoms with Crippen LogP contribution in [0.2, 0.25) is 0 Å². The fourth-order valence-corrected chi connectivity index (χ4v) is 3.77. The lowest BCUT2D eigenvalue weighted by molar-refractivity contribution is 0.318. The van der Waals surface area contributed by atoms with Gasteiger partial charge in [0, 0.05) is 24.3 Å². The monoisotopic (exact) mass is 274 g/mol. The average molecular weight is 274 g/mol. The molecule has 1 aliphatic carbocycles. The summed E-state index contributed by atoms with van der Waals surface area (Å²) in [6.45, 7) is 4.04. The van der Waals surface area contributed by atoms with Gasteiger partial charge in [0.15, 0.2) is 0 Å². The number of nitrogens with two attached hydrogens (primary N) is 1. The molecule has 2 N–H and O–H groups in total. The van der Waals surface area contributed by atoms with Gasteiger partial charge < -0.3 is 15.4 Å². The van der Waals surface area contributed by atoms with E-state index in [0.717, 1.165) is 36.4 Å². The Kier molecular flexibility index (Phi) is 4.04. The van der Waals surface area contributed by atoms with Gasteiger partial charge in [-0.25, -0.2) is 0 Å². The molecule has 0 radical (unpaired) electrons. The molecule has 20 heavy (non-hydrogen) atoms. The standard InChI is InChI=1S/C17H26N2O/c1-2-11-20-17-12-14(7-8-15(17)18)19-10-9-13-5-3-4-6-16(13)19/h7-8,12-13,16H,2-6,9-11,18H2,1H3. The fraction of sp³-hybridized carbons (Fsp3) is 0.647. The molecule has 3 nitrogen and oxygen atoms in total. The second-order valence-electron chi connectivity index (χ2n) is 6.16. The number of benzene rings is 1. The second kappa shape index (κ2) is 5.94. The highest BCUT2D eigenvalue weighted by atomic mass is 16.5. The number of fused-ring (bicyclic) bond motifs is 1. The van der Waals surface area contributed by atoms with Gasteiger partial charge in [-0.15, -0.1) is 0 Å². The molecule has 1 heterocycles. The number of nitrogen functional groups attached to an aromatic ring is 1. The van der Waals surface area contributed by atoms with E-state index in [1.54, 1.807) is 0 Å². The van der Waals surface area contributed by atoms with Gasteiger partial charge in [0.2, 0.25) is 0 Å². The number of rotatable bonds is 4. The number of anilines is 2. The van der Waals surface area contributed by atoms with Crippen molar-refractivity contribution in [1.82, 2.24) is 0 Å². The van der Waals surface area contributed by atoms with Crippen molar-refractivity contribution in [3.8, 4) is 5.75 Å². The highest BCUT2D eigenvalue weighted by Gasteiger charge is 2.35. The van der Waals surface area contributed by atoms with Crippen LogP contribution in [0, 0.1) is 5.92 Å². The van der Waals surface area contributed by atoms with Crippen molar-refractivity contribution in [2.24, 2.45) is 5.92 Å². The van der Waals surface area contributed by atoms with Crippen LogP contribution < -0.4 is 15.4 Å². The van der Waals surface area contributed by atoms with Gasteiger partial charge in [0.05, 0.1) is 12.3 Å². The van der Waals surface area contributed by atoms with Crippen LogP contribution in [0.15, 0.2) is 18.2 Å². The van der Waals surface area contributed by atoms with E-state index < -0.39 is 0 Å². The third kappa shape index (κ3) is 2.58. The van der Waals surface area contributed by atoms with Gasteiger partial charge in [0.25, 0.3) is 0 Å². The molecule has 2 aliphatic rings. The number of hydrogen-bond donors (Lipinski definition) is 1. The van der Waals surface area contributed by atoms with Crippen molar-refractivity contribution in [2.45, 2.75) is 51.5 Å². The Morgan fingerprint density at radius 3 is 2.95 bits per heavy atom. The smallest absolute Gasteiger partial charge is 0.144 e. The molecule has 1 saturated heterocycles. The molecule has 0 bridgehead atoms. The first-order chi connectivity index (χ1) is 9.79. The molecular weight excluding hydrogens is 248 g/mol. The normalized spacial score (nSPS) is 25.6. The summed E-state index contributed by atoms with van der Waals surface area (Å²) in [5.74, 6) is 1.75. The van der Waals surface area contributed by atoms with E-state index in [0.29, 0.717) is 0 Å². The molecule has 3 rings (SSSR count). The molecule has 1 aromatic carbocycles. The Hall–Kier alpha value is -1.38. The van der Waals surface area contributed by atoms with E-state index in [1.165, 1.54) is 44.3 Å². The maximum absolute atomic E-state index is 6.02. The molecule has 1 aromatic rings. The molecule has 110 valence electrons. The van der Waals surface area contributed by atoms with Crippen LogP contribution in [-0.4, -0.2) is 19.2 Å². The summed E-state index contributed by atoms with van der Waals surface area (Å²) in [7, 11) is 0. The summed E-state index contributed by atoms with van der Waals surface area (Å²) < 4.78 is 5.77. The predicted molar refractivity (Wildman–Crippen MR) is 84.3 cm³/mol. The lowest BCUT2D eigenvalue weighted by Gasteiger charge is -2.33. The van der Waals surface area contributed by atoms with Crippen molar-refractivity contribution in [3.63, 3.8) is 0 Å². The quantitative estimate of drug-likeness (QED) is 0.848. The van der Waals surface area contributed by atoms with Crippen LogP contribution in [-0.2, 0) is 0 Å². The summed E-state index contributed by atoms with van der Waals surface area (Å²) in [6, 6.07) is 7.04. The molecule has 1 saturated carbocycles. The van der Waals surface area contributed by atoms with Gasteiger partial charge in [-0.1, -0.05) is 19.8 Å². The molecule has 0 aromatic heterocycles. The molecule has 1 aliphatic heterocycles. The average Bonchev–Trinajstić information content (AvgIpc) is 2.90. The molecule has 2 fully saturated rings. The van der Waals surface area contributed by atoms with Gasteiger partial charge >= 0.3 is 0 Å². The summed E-state index contributed by atoms with van der Waals surface area (Å²) in [4.78, 5) is 2.59. The minimum atomic E-state index is 0.736. The Labute approximate surface area is 122 Å². The molecular formula is C17H26N2O. The van der Waals surface area contributed by atoms with Gasteiger partial charge in [-0.2, -0.15) is 0 Å². The summed E-state index contributed by atoms with van der Waals surface area (Å²) in [5.41, 5.74) is 8.06. The van der Waals surface area contributed by atoms with Crippen molar-refractivity contribution in [2.75, 3.05) is 23.8 Å². The molecule has 0 spiro atoms. The van der Waals surface area contributed by atoms with Crippen molar-refractivity contribution in [3.05, 3.63) is 18.2 Å². The minimum absolute atomic E-state index is 0.736. The Morgan fingerprint density at radius 1 is 1.25 bits per heavy atom. The van der Waals surface area contributed by atoms with Gasteiger partial charge in [0.1, 0.15) is 5.75 Å². The first-order valence-electron chi connectivity index (χ1n) is 8.08. The van der Waals surface area contributed by atoms with E-state index in [9.17, 15) is 0 Å². The Morgan fingerprint density at radius 2 is 2.10 bits per heavy atom. The van der Waals surface area contributed by atoms with Crippen LogP contribution >= 0.6 is 0 Å². The maximum Gasteiger partial charge on any atom is 0.144 e. The van der Waals surface area contributed by atoms with Crippen LogP contribution in [0.4, 0.5) is 11.4 Å². The topological polar surface area (TPSA) is 38.5 Å². The third-order valence-corrected chi connectivity index (χ3v) is 4.80. The van der Waals surface area contributed by atoms with Crippen molar-refractivity contribution in [1.29, 1.82) is 0 Å². The SMILES string of the molecule is CCCOc1cc(N2CCC3CCCCC32)ccc1N. The minimum Gasteiger partial charge on any atom is -0.491 e. The Bertz CT molecular complexity index is 460. The van der Waals surface area contributed by atoms with E-state index in [-0.39, 0.29) is 0 Å². The molecule has 2 unspecified atom stereocenters. The highest BCUT2D eigenvalue weighted by molar-refractivity contribution is 5.63. The molecule has 3 heteroatoms. The van der Waals surface area contributed by atoms with Gasteiger partial charge in [-0.05, 0) is 43.7 Å². The zero-order valence-electron chi connectivity index (χ0n) is 12.5. The zero-order valence-corrected chi connectivity index (χ0v) is 12.5. The van der Waals surface area contributed by atoms with Crippen LogP contribution in [0.1, 0.15) is 45.4 Å². The lowest BCUT2D eigenvalue weighted by atomic mass is 9.85. The van der Waals surface area contributed by atoms with E-state index in [4.69, 9.17) is 10.5 Å². The number of ether oxygens (including phenoxy) is 1. The second-order valence-corrected chi connectivity index (χ2v) is 6.16. The number of hydrogen-bond acceptors (Lipinski definition) is 3. The highest BCUT2D eigenvalue weighted by Crippen LogP contribution is 2.40. The number of nitrogens with zero attached hydrogens (tertiary/aromatic N) is 1. The summed E-state index contributed by atoms with van der Waals surface area (Å²) in [5, 5.41) is 0. The fourth-order valence-electron chi connectivity index (χ4n) is 3.77. The lowest BCUT2D eigenvalue weighted by Crippen LogP contribution is -2.34. The molecule has 0 amide bonds. The Balaban J connectivity index is 1.79. The van der Waals surface area contributed by atoms with Crippen LogP contribution in [0.5, 0.6) is 5.75 Å². The van der Waals surface area contributed by atoms with Crippen LogP contribution in [0.3, 0.4) is 0 Å². The first kappa shape index (κ1) is 13.6.